The molecule has 108 valence electrons. The molecule has 0 radical (unpaired) electrons. The number of fused-ring (bicyclic) bond motifs is 2. The van der Waals surface area contributed by atoms with E-state index in [9.17, 15) is 4.79 Å². The molecule has 3 nitrogen and oxygen atoms in total. The third kappa shape index (κ3) is 2.28. The highest BCUT2D eigenvalue weighted by atomic mass is 35.5. The molecule has 0 amide bonds. The topological polar surface area (TPSA) is 33.5 Å². The zero-order valence-corrected chi connectivity index (χ0v) is 12.8. The number of para-hydroxylation sites is 1. The van der Waals surface area contributed by atoms with Crippen molar-refractivity contribution < 1.29 is 4.42 Å². The summed E-state index contributed by atoms with van der Waals surface area (Å²) in [6, 6.07) is 10.9. The molecule has 4 heteroatoms. The highest BCUT2D eigenvalue weighted by Gasteiger charge is 2.11. The van der Waals surface area contributed by atoms with Crippen molar-refractivity contribution in [2.24, 2.45) is 0 Å². The Kier molecular flexibility index (Phi) is 3.60. The van der Waals surface area contributed by atoms with Crippen LogP contribution in [-0.4, -0.2) is 13.1 Å². The first-order valence-electron chi connectivity index (χ1n) is 7.05. The molecule has 0 aliphatic rings. The molecule has 1 aromatic heterocycles. The van der Waals surface area contributed by atoms with Crippen molar-refractivity contribution in [1.29, 1.82) is 0 Å². The van der Waals surface area contributed by atoms with E-state index in [1.165, 1.54) is 0 Å². The number of hydrogen-bond acceptors (Lipinski definition) is 3. The van der Waals surface area contributed by atoms with E-state index in [-0.39, 0.29) is 5.43 Å². The second-order valence-corrected chi connectivity index (χ2v) is 5.31. The van der Waals surface area contributed by atoms with Gasteiger partial charge in [0.2, 0.25) is 5.43 Å². The Labute approximate surface area is 127 Å². The summed E-state index contributed by atoms with van der Waals surface area (Å²) < 4.78 is 5.88. The first-order chi connectivity index (χ1) is 10.2. The zero-order valence-electron chi connectivity index (χ0n) is 12.0. The minimum atomic E-state index is -0.0418. The normalized spacial score (nSPS) is 11.2. The highest BCUT2D eigenvalue weighted by molar-refractivity contribution is 6.34. The van der Waals surface area contributed by atoms with Crippen LogP contribution in [0.2, 0.25) is 5.02 Å². The van der Waals surface area contributed by atoms with Crippen molar-refractivity contribution in [1.82, 2.24) is 0 Å². The molecule has 0 spiro atoms. The van der Waals surface area contributed by atoms with E-state index in [1.54, 1.807) is 18.2 Å². The van der Waals surface area contributed by atoms with Crippen LogP contribution in [0.15, 0.2) is 45.6 Å². The minimum Gasteiger partial charge on any atom is -0.454 e. The van der Waals surface area contributed by atoms with E-state index in [1.807, 2.05) is 18.2 Å². The van der Waals surface area contributed by atoms with Crippen molar-refractivity contribution in [2.45, 2.75) is 13.8 Å². The van der Waals surface area contributed by atoms with Gasteiger partial charge in [0.25, 0.3) is 0 Å². The van der Waals surface area contributed by atoms with Crippen LogP contribution in [0.25, 0.3) is 21.9 Å². The molecule has 3 rings (SSSR count). The zero-order chi connectivity index (χ0) is 15.0. The van der Waals surface area contributed by atoms with E-state index >= 15 is 0 Å². The Morgan fingerprint density at radius 2 is 1.86 bits per heavy atom. The largest absolute Gasteiger partial charge is 0.454 e. The molecule has 1 heterocycles. The second kappa shape index (κ2) is 5.41. The lowest BCUT2D eigenvalue weighted by molar-refractivity contribution is 0.659. The molecule has 3 aromatic rings. The van der Waals surface area contributed by atoms with E-state index in [0.29, 0.717) is 27.0 Å². The van der Waals surface area contributed by atoms with Crippen molar-refractivity contribution >= 4 is 39.2 Å². The second-order valence-electron chi connectivity index (χ2n) is 4.90. The Hall–Kier alpha value is -2.00. The van der Waals surface area contributed by atoms with Crippen LogP contribution in [0.5, 0.6) is 0 Å². The molecule has 0 aliphatic heterocycles. The van der Waals surface area contributed by atoms with Crippen LogP contribution in [-0.2, 0) is 0 Å². The summed E-state index contributed by atoms with van der Waals surface area (Å²) in [5, 5.41) is 1.56. The number of benzene rings is 2. The fraction of sp³-hybridized carbons (Fsp3) is 0.235. The minimum absolute atomic E-state index is 0.0418. The highest BCUT2D eigenvalue weighted by Crippen LogP contribution is 2.27. The third-order valence-electron chi connectivity index (χ3n) is 3.76. The Morgan fingerprint density at radius 3 is 2.57 bits per heavy atom. The molecule has 0 N–H and O–H groups in total. The average Bonchev–Trinajstić information content (AvgIpc) is 2.50. The molecule has 0 bridgehead atoms. The van der Waals surface area contributed by atoms with Crippen LogP contribution < -0.4 is 10.3 Å². The van der Waals surface area contributed by atoms with E-state index < -0.39 is 0 Å². The number of hydrogen-bond donors (Lipinski definition) is 0. The van der Waals surface area contributed by atoms with Gasteiger partial charge >= 0.3 is 0 Å². The van der Waals surface area contributed by atoms with Crippen molar-refractivity contribution in [3.63, 3.8) is 0 Å². The van der Waals surface area contributed by atoms with Crippen molar-refractivity contribution in [3.8, 4) is 0 Å². The van der Waals surface area contributed by atoms with Crippen molar-refractivity contribution in [2.75, 3.05) is 18.0 Å². The van der Waals surface area contributed by atoms with Gasteiger partial charge in [0.15, 0.2) is 5.58 Å². The maximum atomic E-state index is 12.5. The van der Waals surface area contributed by atoms with Gasteiger partial charge in [-0.05, 0) is 38.1 Å². The van der Waals surface area contributed by atoms with Gasteiger partial charge in [-0.15, -0.1) is 0 Å². The van der Waals surface area contributed by atoms with Gasteiger partial charge in [0.05, 0.1) is 15.8 Å². The van der Waals surface area contributed by atoms with Gasteiger partial charge in [-0.3, -0.25) is 4.79 Å². The molecular weight excluding hydrogens is 286 g/mol. The van der Waals surface area contributed by atoms with E-state index in [2.05, 4.69) is 18.7 Å². The fourth-order valence-electron chi connectivity index (χ4n) is 2.61. The number of nitrogens with zero attached hydrogens (tertiary/aromatic N) is 1. The van der Waals surface area contributed by atoms with Gasteiger partial charge in [-0.25, -0.2) is 0 Å². The maximum absolute atomic E-state index is 12.5. The smallest absolute Gasteiger partial charge is 0.200 e. The Balaban J connectivity index is 2.33. The first-order valence-corrected chi connectivity index (χ1v) is 7.43. The molecule has 0 fully saturated rings. The van der Waals surface area contributed by atoms with Crippen LogP contribution >= 0.6 is 11.6 Å². The molecule has 0 saturated heterocycles. The van der Waals surface area contributed by atoms with Crippen LogP contribution in [0, 0.1) is 0 Å². The van der Waals surface area contributed by atoms with Gasteiger partial charge in [-0.2, -0.15) is 0 Å². The monoisotopic (exact) mass is 301 g/mol. The standard InChI is InChI=1S/C17H16ClNO2/c1-3-19(4-2)11-8-9-12-15(10-11)21-17-13(16(12)20)6-5-7-14(17)18/h5-10H,3-4H2,1-2H3. The molecule has 0 unspecified atom stereocenters. The number of rotatable bonds is 3. The molecule has 2 aromatic carbocycles. The third-order valence-corrected chi connectivity index (χ3v) is 4.06. The Morgan fingerprint density at radius 1 is 1.10 bits per heavy atom. The number of anilines is 1. The quantitative estimate of drug-likeness (QED) is 0.670. The van der Waals surface area contributed by atoms with Gasteiger partial charge in [-0.1, -0.05) is 17.7 Å². The Bertz CT molecular complexity index is 866. The average molecular weight is 302 g/mol. The number of halogens is 1. The summed E-state index contributed by atoms with van der Waals surface area (Å²) in [5.74, 6) is 0. The van der Waals surface area contributed by atoms with Crippen LogP contribution in [0.3, 0.4) is 0 Å². The summed E-state index contributed by atoms with van der Waals surface area (Å²) in [6.45, 7) is 6.00. The summed E-state index contributed by atoms with van der Waals surface area (Å²) in [6.07, 6.45) is 0. The molecular formula is C17H16ClNO2. The summed E-state index contributed by atoms with van der Waals surface area (Å²) >= 11 is 6.14. The van der Waals surface area contributed by atoms with Crippen molar-refractivity contribution in [3.05, 3.63) is 51.6 Å². The molecule has 21 heavy (non-hydrogen) atoms. The SMILES string of the molecule is CCN(CC)c1ccc2c(=O)c3cccc(Cl)c3oc2c1. The van der Waals surface area contributed by atoms with Crippen LogP contribution in [0.4, 0.5) is 5.69 Å². The lowest BCUT2D eigenvalue weighted by Gasteiger charge is -2.21. The lowest BCUT2D eigenvalue weighted by atomic mass is 10.1. The molecule has 0 aliphatic carbocycles. The molecule has 0 saturated carbocycles. The fourth-order valence-corrected chi connectivity index (χ4v) is 2.83. The van der Waals surface area contributed by atoms with E-state index in [4.69, 9.17) is 16.0 Å². The van der Waals surface area contributed by atoms with E-state index in [0.717, 1.165) is 18.8 Å². The van der Waals surface area contributed by atoms with Gasteiger partial charge in [0.1, 0.15) is 5.58 Å². The molecule has 0 atom stereocenters. The lowest BCUT2D eigenvalue weighted by Crippen LogP contribution is -2.21. The van der Waals surface area contributed by atoms with Gasteiger partial charge < -0.3 is 9.32 Å². The predicted octanol–water partition coefficient (Wildman–Crippen LogP) is 4.45. The van der Waals surface area contributed by atoms with Gasteiger partial charge in [0, 0.05) is 24.8 Å². The van der Waals surface area contributed by atoms with Crippen LogP contribution in [0.1, 0.15) is 13.8 Å². The first kappa shape index (κ1) is 14.0. The predicted molar refractivity (Wildman–Crippen MR) is 88.6 cm³/mol. The summed E-state index contributed by atoms with van der Waals surface area (Å²) in [4.78, 5) is 14.7. The summed E-state index contributed by atoms with van der Waals surface area (Å²) in [5.41, 5.74) is 2.03. The summed E-state index contributed by atoms with van der Waals surface area (Å²) in [7, 11) is 0. The maximum Gasteiger partial charge on any atom is 0.200 e.